The zero-order valence-electron chi connectivity index (χ0n) is 13.5. The second kappa shape index (κ2) is 6.42. The van der Waals surface area contributed by atoms with E-state index in [0.717, 1.165) is 0 Å². The fraction of sp³-hybridized carbons (Fsp3) is 0.533. The average molecular weight is 333 g/mol. The number of aliphatic hydroxyl groups is 1. The molecule has 0 unspecified atom stereocenters. The molecule has 0 saturated heterocycles. The first-order valence-electron chi connectivity index (χ1n) is 6.92. The molecule has 1 aromatic carbocycles. The highest BCUT2D eigenvalue weighted by Crippen LogP contribution is 2.37. The van der Waals surface area contributed by atoms with Crippen LogP contribution in [-0.2, 0) is 11.1 Å². The number of hydrogen-bond acceptors (Lipinski definition) is 3. The summed E-state index contributed by atoms with van der Waals surface area (Å²) in [7, 11) is -2.42. The lowest BCUT2D eigenvalue weighted by Gasteiger charge is -2.33. The number of rotatable bonds is 4. The van der Waals surface area contributed by atoms with Crippen LogP contribution >= 0.6 is 0 Å². The van der Waals surface area contributed by atoms with Crippen LogP contribution in [0.15, 0.2) is 29.4 Å². The summed E-state index contributed by atoms with van der Waals surface area (Å²) < 4.78 is 45.0. The van der Waals surface area contributed by atoms with Gasteiger partial charge in [-0.3, -0.25) is 0 Å². The zero-order valence-corrected chi connectivity index (χ0v) is 14.5. The maximum atomic E-state index is 13.2. The van der Waals surface area contributed by atoms with Gasteiger partial charge in [-0.25, -0.2) is 0 Å². The van der Waals surface area contributed by atoms with Crippen molar-refractivity contribution in [2.24, 2.45) is 5.16 Å². The predicted molar refractivity (Wildman–Crippen MR) is 83.2 cm³/mol. The fourth-order valence-electron chi connectivity index (χ4n) is 1.33. The number of alkyl halides is 3. The van der Waals surface area contributed by atoms with Crippen LogP contribution in [0.2, 0.25) is 18.1 Å². The summed E-state index contributed by atoms with van der Waals surface area (Å²) in [5.41, 5.74) is -0.596. The van der Waals surface area contributed by atoms with Gasteiger partial charge < -0.3 is 9.63 Å². The van der Waals surface area contributed by atoms with Crippen molar-refractivity contribution < 1.29 is 22.8 Å². The Morgan fingerprint density at radius 3 is 2.00 bits per heavy atom. The third-order valence-corrected chi connectivity index (χ3v) is 8.01. The van der Waals surface area contributed by atoms with Crippen LogP contribution < -0.4 is 0 Å². The molecule has 0 aliphatic carbocycles. The molecule has 0 bridgehead atoms. The summed E-state index contributed by atoms with van der Waals surface area (Å²) in [6, 6.07) is 5.44. The lowest BCUT2D eigenvalue weighted by molar-refractivity contribution is -0.0599. The SMILES string of the molecule is CC(C)(C)[Si](C)(C)O/N=C(\c1ccc(CO)cc1)C(F)(F)F. The molecule has 0 radical (unpaired) electrons. The van der Waals surface area contributed by atoms with Gasteiger partial charge in [0.2, 0.25) is 0 Å². The molecule has 0 aliphatic rings. The number of hydrogen-bond donors (Lipinski definition) is 1. The highest BCUT2D eigenvalue weighted by atomic mass is 28.4. The van der Waals surface area contributed by atoms with E-state index >= 15 is 0 Å². The summed E-state index contributed by atoms with van der Waals surface area (Å²) in [6.07, 6.45) is -4.61. The Hall–Kier alpha value is -1.34. The number of aliphatic hydroxyl groups excluding tert-OH is 1. The first-order chi connectivity index (χ1) is 9.88. The third-order valence-electron chi connectivity index (χ3n) is 3.85. The van der Waals surface area contributed by atoms with E-state index in [1.165, 1.54) is 24.3 Å². The molecule has 0 spiro atoms. The molecule has 0 fully saturated rings. The molecule has 7 heteroatoms. The minimum absolute atomic E-state index is 0.0802. The van der Waals surface area contributed by atoms with E-state index in [4.69, 9.17) is 9.63 Å². The van der Waals surface area contributed by atoms with Gasteiger partial charge in [-0.1, -0.05) is 50.2 Å². The second-order valence-corrected chi connectivity index (χ2v) is 11.3. The standard InChI is InChI=1S/C15H22F3NO2Si/c1-14(2,3)22(4,5)21-19-13(15(16,17)18)12-8-6-11(10-20)7-9-12/h6-9,20H,10H2,1-5H3/b19-13+. The van der Waals surface area contributed by atoms with Crippen molar-refractivity contribution in [3.05, 3.63) is 35.4 Å². The van der Waals surface area contributed by atoms with Gasteiger partial charge in [0, 0.05) is 5.56 Å². The van der Waals surface area contributed by atoms with Crippen molar-refractivity contribution in [1.82, 2.24) is 0 Å². The summed E-state index contributed by atoms with van der Waals surface area (Å²) in [5, 5.41) is 12.2. The summed E-state index contributed by atoms with van der Waals surface area (Å²) in [6.45, 7) is 9.23. The minimum Gasteiger partial charge on any atom is -0.454 e. The molecule has 3 nitrogen and oxygen atoms in total. The predicted octanol–water partition coefficient (Wildman–Crippen LogP) is 4.47. The number of benzene rings is 1. The summed E-state index contributed by atoms with van der Waals surface area (Å²) in [4.78, 5) is 0. The lowest BCUT2D eigenvalue weighted by Crippen LogP contribution is -2.40. The van der Waals surface area contributed by atoms with Crippen LogP contribution in [0.3, 0.4) is 0 Å². The molecule has 124 valence electrons. The molecule has 0 amide bonds. The van der Waals surface area contributed by atoms with Gasteiger partial charge in [0.05, 0.1) is 6.61 Å². The molecule has 22 heavy (non-hydrogen) atoms. The van der Waals surface area contributed by atoms with Crippen LogP contribution in [0, 0.1) is 0 Å². The summed E-state index contributed by atoms with van der Waals surface area (Å²) in [5.74, 6) is 0. The lowest BCUT2D eigenvalue weighted by atomic mass is 10.1. The third kappa shape index (κ3) is 4.57. The quantitative estimate of drug-likeness (QED) is 0.502. The minimum atomic E-state index is -4.61. The van der Waals surface area contributed by atoms with Crippen LogP contribution in [-0.4, -0.2) is 25.3 Å². The van der Waals surface area contributed by atoms with Crippen LogP contribution in [0.25, 0.3) is 0 Å². The van der Waals surface area contributed by atoms with Gasteiger partial charge in [-0.2, -0.15) is 13.2 Å². The molecular weight excluding hydrogens is 311 g/mol. The van der Waals surface area contributed by atoms with Crippen molar-refractivity contribution in [2.75, 3.05) is 0 Å². The molecule has 0 aliphatic heterocycles. The Balaban J connectivity index is 3.16. The van der Waals surface area contributed by atoms with E-state index in [0.29, 0.717) is 5.56 Å². The van der Waals surface area contributed by atoms with E-state index in [-0.39, 0.29) is 17.2 Å². The van der Waals surface area contributed by atoms with E-state index in [9.17, 15) is 13.2 Å². The van der Waals surface area contributed by atoms with Crippen molar-refractivity contribution in [3.8, 4) is 0 Å². The Labute approximate surface area is 129 Å². The Kier molecular flexibility index (Phi) is 5.45. The first-order valence-corrected chi connectivity index (χ1v) is 9.83. The molecule has 1 N–H and O–H groups in total. The molecule has 1 aromatic rings. The van der Waals surface area contributed by atoms with Crippen LogP contribution in [0.4, 0.5) is 13.2 Å². The maximum Gasteiger partial charge on any atom is 0.437 e. The maximum absolute atomic E-state index is 13.2. The zero-order chi connectivity index (χ0) is 17.2. The Morgan fingerprint density at radius 2 is 1.64 bits per heavy atom. The van der Waals surface area contributed by atoms with Crippen LogP contribution in [0.1, 0.15) is 31.9 Å². The Morgan fingerprint density at radius 1 is 1.14 bits per heavy atom. The number of nitrogens with zero attached hydrogens (tertiary/aromatic N) is 1. The highest BCUT2D eigenvalue weighted by Gasteiger charge is 2.42. The highest BCUT2D eigenvalue weighted by molar-refractivity contribution is 6.74. The molecule has 0 atom stereocenters. The molecule has 0 saturated carbocycles. The molecule has 0 aromatic heterocycles. The van der Waals surface area contributed by atoms with Crippen LogP contribution in [0.5, 0.6) is 0 Å². The van der Waals surface area contributed by atoms with Gasteiger partial charge in [-0.15, -0.1) is 0 Å². The average Bonchev–Trinajstić information content (AvgIpc) is 2.36. The summed E-state index contributed by atoms with van der Waals surface area (Å²) >= 11 is 0. The topological polar surface area (TPSA) is 41.8 Å². The van der Waals surface area contributed by atoms with Crippen molar-refractivity contribution >= 4 is 14.0 Å². The van der Waals surface area contributed by atoms with Gasteiger partial charge in [0.15, 0.2) is 5.71 Å². The fourth-order valence-corrected chi connectivity index (χ4v) is 1.93. The normalized spacial score (nSPS) is 14.1. The molecular formula is C15H22F3NO2Si. The van der Waals surface area contributed by atoms with E-state index in [2.05, 4.69) is 5.16 Å². The van der Waals surface area contributed by atoms with Crippen molar-refractivity contribution in [2.45, 2.75) is 51.7 Å². The van der Waals surface area contributed by atoms with E-state index in [1.807, 2.05) is 33.9 Å². The first kappa shape index (κ1) is 18.7. The van der Waals surface area contributed by atoms with Gasteiger partial charge in [-0.05, 0) is 23.7 Å². The van der Waals surface area contributed by atoms with Crippen molar-refractivity contribution in [1.29, 1.82) is 0 Å². The molecule has 1 rings (SSSR count). The van der Waals surface area contributed by atoms with E-state index < -0.39 is 20.2 Å². The largest absolute Gasteiger partial charge is 0.454 e. The Bertz CT molecular complexity index is 531. The van der Waals surface area contributed by atoms with Gasteiger partial charge in [0.25, 0.3) is 8.32 Å². The number of oxime groups is 1. The van der Waals surface area contributed by atoms with Gasteiger partial charge >= 0.3 is 6.18 Å². The monoisotopic (exact) mass is 333 g/mol. The van der Waals surface area contributed by atoms with E-state index in [1.54, 1.807) is 0 Å². The second-order valence-electron chi connectivity index (χ2n) is 6.64. The van der Waals surface area contributed by atoms with Crippen molar-refractivity contribution in [3.63, 3.8) is 0 Å². The molecule has 0 heterocycles. The smallest absolute Gasteiger partial charge is 0.437 e. The number of halogens is 3. The van der Waals surface area contributed by atoms with Gasteiger partial charge in [0.1, 0.15) is 0 Å².